The number of nitrogens with one attached hydrogen (secondary N) is 1. The zero-order chi connectivity index (χ0) is 22.9. The summed E-state index contributed by atoms with van der Waals surface area (Å²) in [5, 5.41) is 16.4. The van der Waals surface area contributed by atoms with Gasteiger partial charge in [0.05, 0.1) is 24.5 Å². The van der Waals surface area contributed by atoms with Crippen LogP contribution >= 0.6 is 0 Å². The van der Waals surface area contributed by atoms with Crippen molar-refractivity contribution in [1.29, 1.82) is 0 Å². The van der Waals surface area contributed by atoms with Crippen molar-refractivity contribution >= 4 is 40.4 Å². The molecule has 1 aliphatic heterocycles. The fourth-order valence-electron chi connectivity index (χ4n) is 3.81. The van der Waals surface area contributed by atoms with Gasteiger partial charge in [-0.25, -0.2) is 5.43 Å². The molecule has 9 nitrogen and oxygen atoms in total. The molecular formula is C24H16N4O5. The van der Waals surface area contributed by atoms with E-state index in [1.807, 2.05) is 36.4 Å². The highest BCUT2D eigenvalue weighted by molar-refractivity contribution is 6.24. The number of hydrogen-bond donors (Lipinski definition) is 1. The first-order valence-electron chi connectivity index (χ1n) is 10.0. The third kappa shape index (κ3) is 3.72. The van der Waals surface area contributed by atoms with Crippen molar-refractivity contribution in [3.63, 3.8) is 0 Å². The van der Waals surface area contributed by atoms with Crippen LogP contribution in [0.1, 0.15) is 32.0 Å². The van der Waals surface area contributed by atoms with E-state index in [-0.39, 0.29) is 11.7 Å². The molecule has 3 aromatic carbocycles. The Balaban J connectivity index is 1.26. The number of carbonyl (C=O) groups is 2. The molecule has 4 aromatic rings. The molecule has 2 heterocycles. The lowest BCUT2D eigenvalue weighted by Gasteiger charge is -2.18. The number of carbonyl (C=O) groups excluding carboxylic acids is 2. The highest BCUT2D eigenvalue weighted by atomic mass is 16.6. The van der Waals surface area contributed by atoms with Crippen molar-refractivity contribution in [2.24, 2.45) is 5.10 Å². The average Bonchev–Trinajstić information content (AvgIpc) is 3.40. The van der Waals surface area contributed by atoms with Crippen LogP contribution in [0.5, 0.6) is 0 Å². The first kappa shape index (κ1) is 20.1. The van der Waals surface area contributed by atoms with Crippen LogP contribution in [0.15, 0.2) is 82.3 Å². The lowest BCUT2D eigenvalue weighted by molar-refractivity contribution is -0.402. The summed E-state index contributed by atoms with van der Waals surface area (Å²) in [4.78, 5) is 36.9. The van der Waals surface area contributed by atoms with Crippen molar-refractivity contribution in [3.8, 4) is 0 Å². The number of hydrogen-bond acceptors (Lipinski definition) is 6. The molecule has 0 atom stereocenters. The van der Waals surface area contributed by atoms with Crippen molar-refractivity contribution in [2.45, 2.75) is 6.54 Å². The van der Waals surface area contributed by atoms with E-state index in [4.69, 9.17) is 4.42 Å². The van der Waals surface area contributed by atoms with Crippen molar-refractivity contribution in [2.75, 3.05) is 4.90 Å². The monoisotopic (exact) mass is 440 g/mol. The SMILES string of the molecule is O=C(N/N=C/c1ccc([N+](=O)[O-])o1)c1ccc(CN2C(=O)c3cccc4cccc2c34)cc1. The number of nitrogens with zero attached hydrogens (tertiary/aromatic N) is 3. The smallest absolute Gasteiger partial charge is 0.400 e. The topological polar surface area (TPSA) is 118 Å². The standard InChI is InChI=1S/C24H16N4O5/c29-23(26-25-13-18-11-12-21(33-18)28(31)32)17-9-7-15(8-10-17)14-27-20-6-2-4-16-3-1-5-19(22(16)20)24(27)30/h1-13H,14H2,(H,26,29)/b25-13+. The first-order chi connectivity index (χ1) is 16.0. The maximum atomic E-state index is 12.9. The lowest BCUT2D eigenvalue weighted by atomic mass is 10.1. The minimum absolute atomic E-state index is 0.0453. The molecule has 5 rings (SSSR count). The van der Waals surface area contributed by atoms with Gasteiger partial charge in [-0.2, -0.15) is 5.10 Å². The first-order valence-corrected chi connectivity index (χ1v) is 10.0. The molecule has 0 bridgehead atoms. The minimum atomic E-state index is -0.660. The second kappa shape index (κ2) is 8.04. The van der Waals surface area contributed by atoms with Crippen LogP contribution < -0.4 is 10.3 Å². The summed E-state index contributed by atoms with van der Waals surface area (Å²) in [7, 11) is 0. The van der Waals surface area contributed by atoms with Crippen molar-refractivity contribution in [1.82, 2.24) is 5.43 Å². The molecule has 2 amide bonds. The molecule has 33 heavy (non-hydrogen) atoms. The minimum Gasteiger partial charge on any atom is -0.400 e. The Kier molecular flexibility index (Phi) is 4.91. The van der Waals surface area contributed by atoms with Gasteiger partial charge in [0.1, 0.15) is 4.92 Å². The van der Waals surface area contributed by atoms with Gasteiger partial charge in [-0.15, -0.1) is 0 Å². The van der Waals surface area contributed by atoms with E-state index < -0.39 is 16.7 Å². The second-order valence-electron chi connectivity index (χ2n) is 7.40. The van der Waals surface area contributed by atoms with Gasteiger partial charge in [-0.05, 0) is 41.3 Å². The van der Waals surface area contributed by atoms with Crippen LogP contribution in [0, 0.1) is 10.1 Å². The molecule has 9 heteroatoms. The average molecular weight is 440 g/mol. The Labute approximate surface area is 187 Å². The second-order valence-corrected chi connectivity index (χ2v) is 7.40. The molecule has 0 spiro atoms. The molecule has 0 unspecified atom stereocenters. The van der Waals surface area contributed by atoms with Crippen molar-refractivity contribution < 1.29 is 18.9 Å². The summed E-state index contributed by atoms with van der Waals surface area (Å²) in [6.45, 7) is 0.379. The Morgan fingerprint density at radius 1 is 1.06 bits per heavy atom. The summed E-state index contributed by atoms with van der Waals surface area (Å²) in [6.07, 6.45) is 1.18. The van der Waals surface area contributed by atoms with E-state index in [1.54, 1.807) is 29.2 Å². The van der Waals surface area contributed by atoms with Crippen LogP contribution in [-0.2, 0) is 6.54 Å². The highest BCUT2D eigenvalue weighted by Crippen LogP contribution is 2.37. The van der Waals surface area contributed by atoms with Crippen LogP contribution in [-0.4, -0.2) is 23.0 Å². The van der Waals surface area contributed by atoms with E-state index in [2.05, 4.69) is 10.5 Å². The van der Waals surface area contributed by atoms with Crippen LogP contribution in [0.25, 0.3) is 10.8 Å². The molecular weight excluding hydrogens is 424 g/mol. The fourth-order valence-corrected chi connectivity index (χ4v) is 3.81. The molecule has 0 radical (unpaired) electrons. The van der Waals surface area contributed by atoms with Crippen LogP contribution in [0.3, 0.4) is 0 Å². The third-order valence-corrected chi connectivity index (χ3v) is 5.36. The maximum Gasteiger partial charge on any atom is 0.433 e. The zero-order valence-corrected chi connectivity index (χ0v) is 17.1. The van der Waals surface area contributed by atoms with Gasteiger partial charge in [0.2, 0.25) is 0 Å². The Hall–Kier alpha value is -4.79. The molecule has 1 aliphatic rings. The third-order valence-electron chi connectivity index (χ3n) is 5.36. The molecule has 0 saturated carbocycles. The Morgan fingerprint density at radius 2 is 1.82 bits per heavy atom. The molecule has 162 valence electrons. The predicted molar refractivity (Wildman–Crippen MR) is 121 cm³/mol. The molecule has 1 aromatic heterocycles. The largest absolute Gasteiger partial charge is 0.433 e. The quantitative estimate of drug-likeness (QED) is 0.273. The van der Waals surface area contributed by atoms with E-state index in [9.17, 15) is 19.7 Å². The van der Waals surface area contributed by atoms with Crippen LogP contribution in [0.4, 0.5) is 11.6 Å². The predicted octanol–water partition coefficient (Wildman–Crippen LogP) is 4.27. The van der Waals surface area contributed by atoms with E-state index in [1.165, 1.54) is 18.3 Å². The summed E-state index contributed by atoms with van der Waals surface area (Å²) in [5.41, 5.74) is 5.16. The van der Waals surface area contributed by atoms with Gasteiger partial charge >= 0.3 is 5.88 Å². The lowest BCUT2D eigenvalue weighted by Crippen LogP contribution is -2.26. The van der Waals surface area contributed by atoms with E-state index >= 15 is 0 Å². The maximum absolute atomic E-state index is 12.9. The summed E-state index contributed by atoms with van der Waals surface area (Å²) in [5.74, 6) is -0.762. The number of hydrazone groups is 1. The fraction of sp³-hybridized carbons (Fsp3) is 0.0417. The number of furan rings is 1. The number of anilines is 1. The van der Waals surface area contributed by atoms with E-state index in [0.717, 1.165) is 22.0 Å². The van der Waals surface area contributed by atoms with Gasteiger partial charge < -0.3 is 9.32 Å². The number of benzene rings is 3. The summed E-state index contributed by atoms with van der Waals surface area (Å²) in [6, 6.07) is 21.0. The van der Waals surface area contributed by atoms with Crippen molar-refractivity contribution in [3.05, 3.63) is 105 Å². The highest BCUT2D eigenvalue weighted by Gasteiger charge is 2.29. The molecule has 0 fully saturated rings. The zero-order valence-electron chi connectivity index (χ0n) is 17.1. The van der Waals surface area contributed by atoms with Gasteiger partial charge in [0.25, 0.3) is 11.8 Å². The number of nitro groups is 1. The number of amides is 2. The number of rotatable bonds is 6. The van der Waals surface area contributed by atoms with Gasteiger partial charge in [0.15, 0.2) is 5.76 Å². The normalized spacial score (nSPS) is 12.6. The summed E-state index contributed by atoms with van der Waals surface area (Å²) < 4.78 is 4.93. The Morgan fingerprint density at radius 3 is 2.55 bits per heavy atom. The van der Waals surface area contributed by atoms with Gasteiger partial charge in [-0.3, -0.25) is 19.7 Å². The van der Waals surface area contributed by atoms with Crippen LogP contribution in [0.2, 0.25) is 0 Å². The molecule has 1 N–H and O–H groups in total. The van der Waals surface area contributed by atoms with E-state index in [0.29, 0.717) is 17.7 Å². The van der Waals surface area contributed by atoms with Gasteiger partial charge in [0, 0.05) is 16.5 Å². The summed E-state index contributed by atoms with van der Waals surface area (Å²) >= 11 is 0. The molecule has 0 aliphatic carbocycles. The Bertz CT molecular complexity index is 1430. The molecule has 0 saturated heterocycles. The van der Waals surface area contributed by atoms with Gasteiger partial charge in [-0.1, -0.05) is 36.4 Å².